The van der Waals surface area contributed by atoms with E-state index in [2.05, 4.69) is 212 Å². The SMILES string of the molecule is C=NC(=O)[O-].CN(C)[C@H]1CC[C@@]2(C)C(CC[C@@H]3C2CC[C@]2(C)C(=O)CC[C@@H]32)C1.CN(C)[C@H]1CC[C@@]2(C)C(CC[C@@H]3C2CC[C@]2(C)C(OS(=O)(=O)C(F)(F)F)=CC[C@@H]32)C1.CN(C)[C@H]1CC[C@@]2(C)C(CC[C@@H]3C2CC[C@]2(C)C(c4ccc5ccncc5c4)=CC[C@@H]32)C1.CN(C)[C@H]1CC[C@@]2(C)C(CC[C@@H]3C2CC[C@]2(C)C(c4ccc5ccncc5c4)=CC[C@@H]32)C1.O[B]Oc1ccc2ccncc2c1.[K+]. The molecule has 8 unspecified atom stereocenters. The molecule has 0 spiro atoms. The van der Waals surface area contributed by atoms with Crippen molar-refractivity contribution in [1.29, 1.82) is 0 Å². The first-order valence-corrected chi connectivity index (χ1v) is 53.7. The van der Waals surface area contributed by atoms with Gasteiger partial charge < -0.3 is 43.4 Å². The molecule has 22 rings (SSSR count). The molecule has 0 aliphatic heterocycles. The smallest absolute Gasteiger partial charge is 0.537 e. The summed E-state index contributed by atoms with van der Waals surface area (Å²) in [5.41, 5.74) is 2.88. The largest absolute Gasteiger partial charge is 1.00 e. The molecule has 0 bridgehead atoms. The molecule has 0 saturated heterocycles. The van der Waals surface area contributed by atoms with E-state index in [1.165, 1.54) is 206 Å². The van der Waals surface area contributed by atoms with Gasteiger partial charge in [0.25, 0.3) is 0 Å². The van der Waals surface area contributed by atoms with E-state index in [0.29, 0.717) is 88.8 Å². The summed E-state index contributed by atoms with van der Waals surface area (Å²) in [6, 6.07) is 28.9. The Bertz CT molecular complexity index is 5350. The van der Waals surface area contributed by atoms with Crippen LogP contribution < -0.4 is 61.1 Å². The van der Waals surface area contributed by atoms with Crippen LogP contribution in [0.4, 0.5) is 18.0 Å². The zero-order chi connectivity index (χ0) is 96.1. The number of ketones is 1. The molecule has 16 aliphatic rings. The number of carbonyl (C=O) groups is 2. The minimum atomic E-state index is -5.62. The first kappa shape index (κ1) is 104. The summed E-state index contributed by atoms with van der Waals surface area (Å²) in [6.07, 6.45) is 59.0. The van der Waals surface area contributed by atoms with Crippen LogP contribution in [0.2, 0.25) is 0 Å². The maximum absolute atomic E-state index is 12.9. The summed E-state index contributed by atoms with van der Waals surface area (Å²) < 4.78 is 71.4. The molecule has 16 aliphatic carbocycles. The third-order valence-electron chi connectivity index (χ3n) is 42.2. The minimum Gasteiger partial charge on any atom is -0.537 e. The molecule has 1 radical (unpaired) electrons. The van der Waals surface area contributed by atoms with Crippen molar-refractivity contribution < 1.29 is 102 Å². The number of rotatable bonds is 10. The van der Waals surface area contributed by atoms with E-state index in [1.54, 1.807) is 35.7 Å². The van der Waals surface area contributed by atoms with Crippen molar-refractivity contribution in [2.75, 3.05) is 56.4 Å². The van der Waals surface area contributed by atoms with Crippen molar-refractivity contribution >= 4 is 79.9 Å². The number of hydrogen-bond acceptors (Lipinski definition) is 15. The van der Waals surface area contributed by atoms with Crippen LogP contribution in [0.5, 0.6) is 5.75 Å². The summed E-state index contributed by atoms with van der Waals surface area (Å²) in [7, 11) is 13.0. The molecule has 1 N–H and O–H groups in total. The number of aromatic nitrogens is 3. The van der Waals surface area contributed by atoms with Gasteiger partial charge >= 0.3 is 74.7 Å². The van der Waals surface area contributed by atoms with Crippen molar-refractivity contribution in [3.63, 3.8) is 0 Å². The number of halogens is 3. The fraction of sp³-hybridized carbons (Fsp3) is 0.684. The molecule has 6 aromatic rings. The summed E-state index contributed by atoms with van der Waals surface area (Å²) in [4.78, 5) is 46.5. The zero-order valence-electron chi connectivity index (χ0n) is 85.2. The van der Waals surface area contributed by atoms with Gasteiger partial charge in [-0.1, -0.05) is 97.9 Å². The first-order chi connectivity index (χ1) is 64.1. The maximum atomic E-state index is 12.9. The number of Topliss-reactive ketones (excluding diaryl/α,β-unsaturated/α-hetero) is 1. The van der Waals surface area contributed by atoms with Crippen LogP contribution in [-0.2, 0) is 19.1 Å². The molecule has 1 amide bonds. The first-order valence-electron chi connectivity index (χ1n) is 52.3. The number of hydrogen-bond donors (Lipinski definition) is 1. The third kappa shape index (κ3) is 19.3. The van der Waals surface area contributed by atoms with Crippen molar-refractivity contribution in [2.45, 2.75) is 297 Å². The molecule has 3 aromatic heterocycles. The average molecular weight is 1910 g/mol. The number of fused-ring (bicyclic) bond motifs is 23. The number of pyridine rings is 3. The second kappa shape index (κ2) is 40.8. The van der Waals surface area contributed by atoms with E-state index in [4.69, 9.17) is 23.8 Å². The molecular weight excluding hydrogens is 1750 g/mol. The van der Waals surface area contributed by atoms with Crippen LogP contribution in [0, 0.1) is 138 Å². The van der Waals surface area contributed by atoms with Crippen LogP contribution in [0.3, 0.4) is 0 Å². The topological polar surface area (TPSA) is 194 Å². The van der Waals surface area contributed by atoms with Gasteiger partial charge in [0.2, 0.25) is 0 Å². The summed E-state index contributed by atoms with van der Waals surface area (Å²) >= 11 is 0. The number of carbonyl (C=O) groups excluding carboxylic acids is 2. The fourth-order valence-corrected chi connectivity index (χ4v) is 34.7. The Kier molecular flexibility index (Phi) is 31.1. The van der Waals surface area contributed by atoms with Crippen molar-refractivity contribution in [1.82, 2.24) is 34.6 Å². The van der Waals surface area contributed by atoms with E-state index >= 15 is 0 Å². The molecule has 3 aromatic carbocycles. The Hall–Kier alpha value is -5.24. The standard InChI is InChI=1S/2C30H40N2.C22H34F3NO3S.C21H35NO.C9H7BNO2.C2H3NO2.K/c2*1-29-14-11-24(32(3)4)18-23(29)7-8-25-27-10-9-26(30(27,2)15-12-28(25)29)21-6-5-20-13-16-31-19-22(20)17-21;1-20-11-9-15(26(3)4)13-14(20)5-6-16-17-7-8-19(21(17,2)12-10-18(16)20)29-30(27,28)22(23,24)25;1-20-11-9-15(22(3)4)13-14(20)5-6-16-17-7-8-19(23)21(17,2)12-10-18(16)20;12-10-13-9-2-1-7-3-4-11-6-8(7)5-9;1-3-2(4)5;/h2*5-6,9,13,16-17,19,23-25,27-28H,7-8,10-12,14-15,18H2,1-4H3;8,14-18H,5-7,9-13H2,1-4H3;14-18H,5-13H2,1-4H3;1-6,12H;1H2,(H,4,5);/q;;;;;;+1/p-1/t2*23?,24-,25-,27-,28?,29-,30+;2*14?,15-,16-,17-,18?,20-,21-;;;/m0000.../s1. The van der Waals surface area contributed by atoms with Crippen LogP contribution in [-0.4, -0.2) is 160 Å². The van der Waals surface area contributed by atoms with E-state index < -0.39 is 27.1 Å². The monoisotopic (exact) mass is 1910 g/mol. The van der Waals surface area contributed by atoms with Gasteiger partial charge in [-0.05, 0) is 483 Å². The second-order valence-corrected chi connectivity index (χ2v) is 49.9. The Morgan fingerprint density at radius 1 is 0.441 bits per heavy atom. The van der Waals surface area contributed by atoms with Crippen LogP contribution in [0.25, 0.3) is 43.5 Å². The normalized spacial score (nSPS) is 39.2. The van der Waals surface area contributed by atoms with Gasteiger partial charge in [0, 0.05) is 94.8 Å². The molecule has 3 heterocycles. The van der Waals surface area contributed by atoms with Gasteiger partial charge in [-0.25, -0.2) is 4.99 Å². The van der Waals surface area contributed by atoms with Crippen molar-refractivity contribution in [2.24, 2.45) is 143 Å². The van der Waals surface area contributed by atoms with Crippen molar-refractivity contribution in [3.8, 4) is 5.75 Å². The van der Waals surface area contributed by atoms with Crippen LogP contribution in [0.15, 0.2) is 139 Å². The second-order valence-electron chi connectivity index (χ2n) is 48.4. The van der Waals surface area contributed by atoms with E-state index in [9.17, 15) is 26.4 Å². The number of amides is 1. The Balaban J connectivity index is 0.000000124. The number of aliphatic imine (C=N–C) groups is 1. The molecule has 28 atom stereocenters. The molecule has 733 valence electrons. The number of alkyl halides is 3. The average Bonchev–Trinajstić information content (AvgIpc) is 1.45. The number of allylic oxidation sites excluding steroid dienone is 6. The number of carboxylic acid groups (broad SMARTS) is 1. The third-order valence-corrected chi connectivity index (χ3v) is 43.1. The van der Waals surface area contributed by atoms with Gasteiger partial charge in [0.15, 0.2) is 6.09 Å². The van der Waals surface area contributed by atoms with Crippen LogP contribution >= 0.6 is 0 Å². The van der Waals surface area contributed by atoms with Crippen LogP contribution in [0.1, 0.15) is 278 Å². The zero-order valence-corrected chi connectivity index (χ0v) is 89.2. The van der Waals surface area contributed by atoms with Gasteiger partial charge in [-0.15, -0.1) is 0 Å². The minimum absolute atomic E-state index is 0. The number of benzene rings is 3. The van der Waals surface area contributed by atoms with E-state index in [-0.39, 0.29) is 73.9 Å². The van der Waals surface area contributed by atoms with Gasteiger partial charge in [0.1, 0.15) is 17.3 Å². The van der Waals surface area contributed by atoms with E-state index in [0.717, 1.165) is 120 Å². The molecule has 16 nitrogen and oxygen atoms in total. The Morgan fingerprint density at radius 3 is 1.12 bits per heavy atom. The quantitative estimate of drug-likeness (QED) is 0.0588. The van der Waals surface area contributed by atoms with Gasteiger partial charge in [0.05, 0.1) is 0 Å². The molecule has 13 saturated carbocycles. The van der Waals surface area contributed by atoms with Gasteiger partial charge in [-0.3, -0.25) is 19.7 Å². The van der Waals surface area contributed by atoms with E-state index in [1.807, 2.05) is 49.9 Å². The maximum Gasteiger partial charge on any atom is 1.00 e. The predicted octanol–water partition coefficient (Wildman–Crippen LogP) is 21.4. The Morgan fingerprint density at radius 2 is 0.772 bits per heavy atom. The molecule has 22 heteroatoms. The fourth-order valence-electron chi connectivity index (χ4n) is 34.1. The Labute approximate surface area is 855 Å². The van der Waals surface area contributed by atoms with Gasteiger partial charge in [-0.2, -0.15) is 21.6 Å². The number of nitrogens with zero attached hydrogens (tertiary/aromatic N) is 8. The molecule has 13 fully saturated rings. The summed E-state index contributed by atoms with van der Waals surface area (Å²) in [5, 5.41) is 24.7. The van der Waals surface area contributed by atoms with Crippen molar-refractivity contribution in [3.05, 3.63) is 145 Å². The summed E-state index contributed by atoms with van der Waals surface area (Å²) in [5.74, 6) is 13.7. The molecule has 136 heavy (non-hydrogen) atoms. The summed E-state index contributed by atoms with van der Waals surface area (Å²) in [6.45, 7) is 22.5. The molecular formula is C114H158BF3KN8O8S. The predicted molar refractivity (Wildman–Crippen MR) is 537 cm³/mol.